The summed E-state index contributed by atoms with van der Waals surface area (Å²) in [5, 5.41) is 8.99. The van der Waals surface area contributed by atoms with Crippen molar-refractivity contribution in [2.75, 3.05) is 7.11 Å². The van der Waals surface area contributed by atoms with Crippen molar-refractivity contribution in [2.24, 2.45) is 5.10 Å². The molecule has 1 atom stereocenters. The van der Waals surface area contributed by atoms with E-state index >= 15 is 0 Å². The average molecular weight is 379 g/mol. The van der Waals surface area contributed by atoms with Crippen LogP contribution in [0.4, 0.5) is 0 Å². The number of halogens is 1. The number of ether oxygens (including phenoxy) is 1. The second-order valence-corrected chi connectivity index (χ2v) is 6.77. The number of carbonyl (C=O) groups is 2. The van der Waals surface area contributed by atoms with Gasteiger partial charge in [-0.3, -0.25) is 9.59 Å². The molecule has 1 aromatic carbocycles. The molecule has 3 rings (SSSR count). The van der Waals surface area contributed by atoms with Gasteiger partial charge in [0.1, 0.15) is 16.3 Å². The summed E-state index contributed by atoms with van der Waals surface area (Å²) in [7, 11) is 1.59. The van der Waals surface area contributed by atoms with Crippen LogP contribution in [0.25, 0.3) is 10.9 Å². The summed E-state index contributed by atoms with van der Waals surface area (Å²) in [5.41, 5.74) is 1.35. The van der Waals surface area contributed by atoms with Crippen molar-refractivity contribution in [1.29, 1.82) is 0 Å². The Morgan fingerprint density at radius 3 is 2.72 bits per heavy atom. The highest BCUT2D eigenvalue weighted by Gasteiger charge is 2.34. The van der Waals surface area contributed by atoms with E-state index in [4.69, 9.17) is 16.3 Å². The summed E-state index contributed by atoms with van der Waals surface area (Å²) >= 11 is 7.58. The molecular formula is C16H15ClN4O3S. The molecule has 1 aliphatic heterocycles. The minimum absolute atomic E-state index is 0.261. The van der Waals surface area contributed by atoms with Gasteiger partial charge in [0.2, 0.25) is 11.8 Å². The van der Waals surface area contributed by atoms with Crippen LogP contribution < -0.4 is 10.1 Å². The van der Waals surface area contributed by atoms with Crippen molar-refractivity contribution >= 4 is 51.2 Å². The number of amides is 2. The summed E-state index contributed by atoms with van der Waals surface area (Å²) in [6.07, 6.45) is 0. The van der Waals surface area contributed by atoms with Crippen LogP contribution >= 0.6 is 23.4 Å². The van der Waals surface area contributed by atoms with Crippen LogP contribution in [0.1, 0.15) is 24.8 Å². The van der Waals surface area contributed by atoms with Crippen molar-refractivity contribution in [1.82, 2.24) is 15.3 Å². The highest BCUT2D eigenvalue weighted by Crippen LogP contribution is 2.42. The maximum Gasteiger partial charge on any atom is 0.241 e. The Morgan fingerprint density at radius 2 is 2.08 bits per heavy atom. The fourth-order valence-electron chi connectivity index (χ4n) is 2.41. The number of pyridine rings is 1. The third kappa shape index (κ3) is 3.54. The lowest BCUT2D eigenvalue weighted by atomic mass is 10.1. The number of methoxy groups -OCH3 is 1. The topological polar surface area (TPSA) is 83.9 Å². The van der Waals surface area contributed by atoms with E-state index in [-0.39, 0.29) is 17.0 Å². The first-order valence-corrected chi connectivity index (χ1v) is 8.61. The largest absolute Gasteiger partial charge is 0.497 e. The molecular weight excluding hydrogens is 364 g/mol. The van der Waals surface area contributed by atoms with E-state index in [1.165, 1.54) is 30.6 Å². The Kier molecular flexibility index (Phi) is 4.82. The molecule has 1 aliphatic rings. The van der Waals surface area contributed by atoms with Crippen LogP contribution in [0.15, 0.2) is 29.4 Å². The SMILES string of the molecule is COc1ccc2nc(Cl)c(C3SC(NC(C)=O)=NN3C(C)=O)cc2c1. The Labute approximate surface area is 153 Å². The predicted molar refractivity (Wildman–Crippen MR) is 97.4 cm³/mol. The van der Waals surface area contributed by atoms with Gasteiger partial charge in [0.25, 0.3) is 0 Å². The number of carbonyl (C=O) groups excluding carboxylic acids is 2. The molecule has 2 amide bonds. The van der Waals surface area contributed by atoms with Crippen LogP contribution in [0.3, 0.4) is 0 Å². The monoisotopic (exact) mass is 378 g/mol. The summed E-state index contributed by atoms with van der Waals surface area (Å²) < 4.78 is 5.24. The van der Waals surface area contributed by atoms with Gasteiger partial charge in [-0.1, -0.05) is 23.4 Å². The number of thioether (sulfide) groups is 1. The minimum atomic E-state index is -0.505. The van der Waals surface area contributed by atoms with Gasteiger partial charge in [-0.15, -0.1) is 5.10 Å². The summed E-state index contributed by atoms with van der Waals surface area (Å²) in [4.78, 5) is 27.6. The third-order valence-corrected chi connectivity index (χ3v) is 4.90. The number of hydrogen-bond donors (Lipinski definition) is 1. The fraction of sp³-hybridized carbons (Fsp3) is 0.250. The second-order valence-electron chi connectivity index (χ2n) is 5.35. The van der Waals surface area contributed by atoms with Crippen LogP contribution in [0.5, 0.6) is 5.75 Å². The molecule has 1 N–H and O–H groups in total. The second kappa shape index (κ2) is 6.89. The predicted octanol–water partition coefficient (Wildman–Crippen LogP) is 2.90. The smallest absolute Gasteiger partial charge is 0.241 e. The number of benzene rings is 1. The molecule has 0 saturated carbocycles. The van der Waals surface area contributed by atoms with Crippen molar-refractivity contribution < 1.29 is 14.3 Å². The molecule has 130 valence electrons. The molecule has 0 radical (unpaired) electrons. The summed E-state index contributed by atoms with van der Waals surface area (Å²) in [5.74, 6) is 0.169. The van der Waals surface area contributed by atoms with Gasteiger partial charge in [-0.05, 0) is 24.3 Å². The van der Waals surface area contributed by atoms with E-state index in [9.17, 15) is 9.59 Å². The zero-order valence-electron chi connectivity index (χ0n) is 13.7. The first kappa shape index (κ1) is 17.5. The van der Waals surface area contributed by atoms with E-state index in [1.807, 2.05) is 18.2 Å². The minimum Gasteiger partial charge on any atom is -0.497 e. The number of aromatic nitrogens is 1. The highest BCUT2D eigenvalue weighted by atomic mass is 35.5. The normalized spacial score (nSPS) is 16.7. The maximum atomic E-state index is 11.9. The van der Waals surface area contributed by atoms with Crippen molar-refractivity contribution in [2.45, 2.75) is 19.2 Å². The molecule has 25 heavy (non-hydrogen) atoms. The summed E-state index contributed by atoms with van der Waals surface area (Å²) in [6.45, 7) is 2.78. The van der Waals surface area contributed by atoms with Crippen molar-refractivity contribution in [3.05, 3.63) is 35.0 Å². The van der Waals surface area contributed by atoms with Crippen molar-refractivity contribution in [3.8, 4) is 5.75 Å². The molecule has 2 aromatic rings. The first-order valence-electron chi connectivity index (χ1n) is 7.36. The van der Waals surface area contributed by atoms with E-state index in [0.717, 1.165) is 10.9 Å². The molecule has 1 aromatic heterocycles. The van der Waals surface area contributed by atoms with Gasteiger partial charge in [0, 0.05) is 24.8 Å². The van der Waals surface area contributed by atoms with Gasteiger partial charge >= 0.3 is 0 Å². The fourth-order valence-corrected chi connectivity index (χ4v) is 3.88. The number of fused-ring (bicyclic) bond motifs is 1. The average Bonchev–Trinajstić information content (AvgIpc) is 2.96. The Hall–Kier alpha value is -2.32. The Bertz CT molecular complexity index is 902. The zero-order valence-corrected chi connectivity index (χ0v) is 15.3. The number of rotatable bonds is 2. The number of hydrazone groups is 1. The van der Waals surface area contributed by atoms with Gasteiger partial charge in [-0.25, -0.2) is 9.99 Å². The number of nitrogens with one attached hydrogen (secondary N) is 1. The molecule has 0 fully saturated rings. The standard InChI is InChI=1S/C16H15ClN4O3S/c1-8(22)18-16-20-21(9(2)23)15(25-16)12-7-10-6-11(24-3)4-5-13(10)19-14(12)17/h4-7,15H,1-3H3,(H,18,20,22). The maximum absolute atomic E-state index is 11.9. The summed E-state index contributed by atoms with van der Waals surface area (Å²) in [6, 6.07) is 7.31. The van der Waals surface area contributed by atoms with E-state index in [0.29, 0.717) is 16.5 Å². The van der Waals surface area contributed by atoms with Crippen LogP contribution in [-0.2, 0) is 9.59 Å². The van der Waals surface area contributed by atoms with Crippen LogP contribution in [-0.4, -0.2) is 34.1 Å². The van der Waals surface area contributed by atoms with Gasteiger partial charge in [0.05, 0.1) is 12.6 Å². The van der Waals surface area contributed by atoms with Crippen molar-refractivity contribution in [3.63, 3.8) is 0 Å². The molecule has 0 bridgehead atoms. The van der Waals surface area contributed by atoms with E-state index < -0.39 is 5.37 Å². The number of hydrogen-bond acceptors (Lipinski definition) is 6. The first-order chi connectivity index (χ1) is 11.9. The lowest BCUT2D eigenvalue weighted by Gasteiger charge is -2.20. The number of amidine groups is 1. The highest BCUT2D eigenvalue weighted by molar-refractivity contribution is 8.14. The lowest BCUT2D eigenvalue weighted by Crippen LogP contribution is -2.25. The molecule has 1 unspecified atom stereocenters. The Morgan fingerprint density at radius 1 is 1.32 bits per heavy atom. The zero-order chi connectivity index (χ0) is 18.1. The quantitative estimate of drug-likeness (QED) is 0.812. The Balaban J connectivity index is 2.03. The van der Waals surface area contributed by atoms with Gasteiger partial charge < -0.3 is 10.1 Å². The van der Waals surface area contributed by atoms with Crippen LogP contribution in [0.2, 0.25) is 5.15 Å². The van der Waals surface area contributed by atoms with Gasteiger partial charge in [-0.2, -0.15) is 0 Å². The molecule has 2 heterocycles. The molecule has 0 aliphatic carbocycles. The van der Waals surface area contributed by atoms with E-state index in [1.54, 1.807) is 13.2 Å². The lowest BCUT2D eigenvalue weighted by molar-refractivity contribution is -0.129. The molecule has 9 heteroatoms. The molecule has 7 nitrogen and oxygen atoms in total. The van der Waals surface area contributed by atoms with Crippen LogP contribution in [0, 0.1) is 0 Å². The van der Waals surface area contributed by atoms with Gasteiger partial charge in [0.15, 0.2) is 5.17 Å². The van der Waals surface area contributed by atoms with E-state index in [2.05, 4.69) is 15.4 Å². The number of nitrogens with zero attached hydrogens (tertiary/aromatic N) is 3. The third-order valence-electron chi connectivity index (χ3n) is 3.52. The molecule has 0 spiro atoms. The molecule has 0 saturated heterocycles.